The van der Waals surface area contributed by atoms with E-state index in [2.05, 4.69) is 4.74 Å². The number of rotatable bonds is 6. The van der Waals surface area contributed by atoms with E-state index in [1.165, 1.54) is 13.2 Å². The first kappa shape index (κ1) is 16.8. The molecule has 0 aliphatic carbocycles. The molecule has 0 unspecified atom stereocenters. The Morgan fingerprint density at radius 3 is 2.30 bits per heavy atom. The first-order valence-corrected chi connectivity index (χ1v) is 7.24. The minimum atomic E-state index is -0.462. The Hall–Kier alpha value is -2.59. The van der Waals surface area contributed by atoms with Gasteiger partial charge in [0.15, 0.2) is 12.4 Å². The number of hydrogen-bond donors (Lipinski definition) is 0. The summed E-state index contributed by atoms with van der Waals surface area (Å²) < 4.78 is 9.70. The Morgan fingerprint density at radius 2 is 1.70 bits per heavy atom. The molecular weight excluding hydrogens is 316 g/mol. The van der Waals surface area contributed by atoms with E-state index in [9.17, 15) is 9.59 Å². The number of carbonyl (C=O) groups is 2. The van der Waals surface area contributed by atoms with Gasteiger partial charge in [0, 0.05) is 10.6 Å². The zero-order valence-corrected chi connectivity index (χ0v) is 13.2. The van der Waals surface area contributed by atoms with Crippen LogP contribution in [0.3, 0.4) is 0 Å². The molecule has 0 N–H and O–H groups in total. The first-order chi connectivity index (χ1) is 11.1. The lowest BCUT2D eigenvalue weighted by Gasteiger charge is -2.04. The highest BCUT2D eigenvalue weighted by Gasteiger charge is 2.04. The molecule has 5 heteroatoms. The van der Waals surface area contributed by atoms with Crippen LogP contribution in [0.15, 0.2) is 54.6 Å². The number of esters is 1. The zero-order valence-electron chi connectivity index (χ0n) is 12.5. The van der Waals surface area contributed by atoms with Crippen LogP contribution < -0.4 is 4.74 Å². The Bertz CT molecular complexity index is 703. The summed E-state index contributed by atoms with van der Waals surface area (Å²) >= 11 is 5.81. The fourth-order valence-corrected chi connectivity index (χ4v) is 1.88. The number of benzene rings is 2. The Labute approximate surface area is 139 Å². The number of halogens is 1. The van der Waals surface area contributed by atoms with Gasteiger partial charge in [0.05, 0.1) is 7.11 Å². The van der Waals surface area contributed by atoms with Crippen LogP contribution in [0.1, 0.15) is 15.9 Å². The van der Waals surface area contributed by atoms with Crippen LogP contribution >= 0.6 is 11.6 Å². The summed E-state index contributed by atoms with van der Waals surface area (Å²) in [5.41, 5.74) is 1.42. The van der Waals surface area contributed by atoms with Gasteiger partial charge in [-0.05, 0) is 48.0 Å². The van der Waals surface area contributed by atoms with Crippen molar-refractivity contribution in [2.75, 3.05) is 13.7 Å². The molecule has 2 rings (SSSR count). The van der Waals surface area contributed by atoms with Crippen LogP contribution in [-0.2, 0) is 9.53 Å². The third-order valence-corrected chi connectivity index (χ3v) is 3.27. The maximum atomic E-state index is 12.1. The van der Waals surface area contributed by atoms with Crippen molar-refractivity contribution in [3.63, 3.8) is 0 Å². The predicted octanol–water partition coefficient (Wildman–Crippen LogP) is 3.79. The van der Waals surface area contributed by atoms with Crippen molar-refractivity contribution in [2.45, 2.75) is 0 Å². The van der Waals surface area contributed by atoms with Gasteiger partial charge in [0.25, 0.3) is 0 Å². The second-order valence-electron chi connectivity index (χ2n) is 4.64. The molecule has 0 fully saturated rings. The highest BCUT2D eigenvalue weighted by molar-refractivity contribution is 6.30. The van der Waals surface area contributed by atoms with Crippen molar-refractivity contribution in [3.05, 3.63) is 70.8 Å². The topological polar surface area (TPSA) is 52.6 Å². The van der Waals surface area contributed by atoms with E-state index in [0.717, 1.165) is 5.56 Å². The van der Waals surface area contributed by atoms with Gasteiger partial charge in [0.2, 0.25) is 0 Å². The normalized spacial score (nSPS) is 10.5. The Balaban J connectivity index is 1.97. The van der Waals surface area contributed by atoms with E-state index in [1.54, 1.807) is 42.5 Å². The molecule has 0 radical (unpaired) electrons. The van der Waals surface area contributed by atoms with Crippen LogP contribution in [0.2, 0.25) is 5.02 Å². The third kappa shape index (κ3) is 5.27. The molecule has 2 aromatic rings. The van der Waals surface area contributed by atoms with Crippen molar-refractivity contribution in [1.29, 1.82) is 0 Å². The molecule has 0 aliphatic rings. The van der Waals surface area contributed by atoms with Gasteiger partial charge in [-0.25, -0.2) is 4.79 Å². The average molecular weight is 331 g/mol. The fourth-order valence-electron chi connectivity index (χ4n) is 1.76. The van der Waals surface area contributed by atoms with Crippen LogP contribution in [0, 0.1) is 0 Å². The molecule has 0 saturated heterocycles. The number of ether oxygens (including phenoxy) is 2. The number of ketones is 1. The Morgan fingerprint density at radius 1 is 1.04 bits per heavy atom. The monoisotopic (exact) mass is 330 g/mol. The lowest BCUT2D eigenvalue weighted by molar-refractivity contribution is -0.142. The smallest absolute Gasteiger partial charge is 0.343 e. The Kier molecular flexibility index (Phi) is 5.94. The van der Waals surface area contributed by atoms with Gasteiger partial charge in [-0.3, -0.25) is 4.79 Å². The summed E-state index contributed by atoms with van der Waals surface area (Å²) in [7, 11) is 1.29. The van der Waals surface area contributed by atoms with Crippen LogP contribution in [0.25, 0.3) is 6.08 Å². The molecule has 0 bridgehead atoms. The average Bonchev–Trinajstić information content (AvgIpc) is 2.59. The maximum absolute atomic E-state index is 12.1. The van der Waals surface area contributed by atoms with Crippen molar-refractivity contribution in [3.8, 4) is 5.75 Å². The highest BCUT2D eigenvalue weighted by atomic mass is 35.5. The summed E-state index contributed by atoms with van der Waals surface area (Å²) in [5.74, 6) is -0.0934. The first-order valence-electron chi connectivity index (χ1n) is 6.86. The van der Waals surface area contributed by atoms with E-state index < -0.39 is 5.97 Å². The third-order valence-electron chi connectivity index (χ3n) is 3.02. The number of allylic oxidation sites excluding steroid dienone is 1. The second-order valence-corrected chi connectivity index (χ2v) is 5.07. The number of methoxy groups -OCH3 is 1. The largest absolute Gasteiger partial charge is 0.482 e. The van der Waals surface area contributed by atoms with Gasteiger partial charge in [0.1, 0.15) is 5.75 Å². The second kappa shape index (κ2) is 8.15. The molecule has 23 heavy (non-hydrogen) atoms. The lowest BCUT2D eigenvalue weighted by atomic mass is 10.1. The minimum Gasteiger partial charge on any atom is -0.482 e. The van der Waals surface area contributed by atoms with E-state index in [-0.39, 0.29) is 12.4 Å². The molecular formula is C18H15ClO4. The molecule has 4 nitrogen and oxygen atoms in total. The zero-order chi connectivity index (χ0) is 16.7. The number of carbonyl (C=O) groups excluding carboxylic acids is 2. The molecule has 0 saturated carbocycles. The maximum Gasteiger partial charge on any atom is 0.343 e. The molecule has 118 valence electrons. The van der Waals surface area contributed by atoms with Gasteiger partial charge in [-0.1, -0.05) is 29.8 Å². The van der Waals surface area contributed by atoms with Crippen LogP contribution in [-0.4, -0.2) is 25.5 Å². The van der Waals surface area contributed by atoms with Crippen molar-refractivity contribution in [2.24, 2.45) is 0 Å². The lowest BCUT2D eigenvalue weighted by Crippen LogP contribution is -2.12. The fraction of sp³-hybridized carbons (Fsp3) is 0.111. The molecule has 0 aromatic heterocycles. The number of hydrogen-bond acceptors (Lipinski definition) is 4. The highest BCUT2D eigenvalue weighted by Crippen LogP contribution is 2.14. The summed E-state index contributed by atoms with van der Waals surface area (Å²) in [5, 5.41) is 0.649. The molecule has 0 amide bonds. The van der Waals surface area contributed by atoms with E-state index in [4.69, 9.17) is 16.3 Å². The summed E-state index contributed by atoms with van der Waals surface area (Å²) in [6, 6.07) is 13.7. The summed E-state index contributed by atoms with van der Waals surface area (Å²) in [4.78, 5) is 23.1. The SMILES string of the molecule is COC(=O)COc1ccc(C(=O)/C=C\c2ccc(Cl)cc2)cc1. The van der Waals surface area contributed by atoms with Crippen LogP contribution in [0.5, 0.6) is 5.75 Å². The predicted molar refractivity (Wildman–Crippen MR) is 88.8 cm³/mol. The molecule has 0 atom stereocenters. The van der Waals surface area contributed by atoms with E-state index in [1.807, 2.05) is 12.1 Å². The summed E-state index contributed by atoms with van der Waals surface area (Å²) in [6.45, 7) is -0.166. The molecule has 2 aromatic carbocycles. The van der Waals surface area contributed by atoms with Gasteiger partial charge >= 0.3 is 5.97 Å². The van der Waals surface area contributed by atoms with Crippen molar-refractivity contribution < 1.29 is 19.1 Å². The van der Waals surface area contributed by atoms with Gasteiger partial charge in [-0.2, -0.15) is 0 Å². The van der Waals surface area contributed by atoms with Crippen molar-refractivity contribution >= 4 is 29.4 Å². The van der Waals surface area contributed by atoms with E-state index >= 15 is 0 Å². The van der Waals surface area contributed by atoms with E-state index in [0.29, 0.717) is 16.3 Å². The summed E-state index contributed by atoms with van der Waals surface area (Å²) in [6.07, 6.45) is 3.22. The quantitative estimate of drug-likeness (QED) is 0.459. The standard InChI is InChI=1S/C18H15ClO4/c1-22-18(21)12-23-16-9-5-14(6-10-16)17(20)11-4-13-2-7-15(19)8-3-13/h2-11H,12H2,1H3/b11-4-. The van der Waals surface area contributed by atoms with Gasteiger partial charge in [-0.15, -0.1) is 0 Å². The molecule has 0 spiro atoms. The minimum absolute atomic E-state index is 0.125. The van der Waals surface area contributed by atoms with Gasteiger partial charge < -0.3 is 9.47 Å². The molecule has 0 aliphatic heterocycles. The van der Waals surface area contributed by atoms with Crippen LogP contribution in [0.4, 0.5) is 0 Å². The van der Waals surface area contributed by atoms with Crippen molar-refractivity contribution in [1.82, 2.24) is 0 Å². The molecule has 0 heterocycles.